The van der Waals surface area contributed by atoms with Crippen LogP contribution in [0.25, 0.3) is 5.57 Å². The second-order valence-corrected chi connectivity index (χ2v) is 3.73. The highest BCUT2D eigenvalue weighted by Gasteiger charge is 2.01. The molecule has 0 spiro atoms. The van der Waals surface area contributed by atoms with E-state index in [2.05, 4.69) is 43.0 Å². The van der Waals surface area contributed by atoms with Gasteiger partial charge in [-0.05, 0) is 29.7 Å². The van der Waals surface area contributed by atoms with Gasteiger partial charge in [0.25, 0.3) is 0 Å². The van der Waals surface area contributed by atoms with Crippen molar-refractivity contribution < 1.29 is 4.74 Å². The van der Waals surface area contributed by atoms with Crippen molar-refractivity contribution in [1.29, 1.82) is 0 Å². The fourth-order valence-electron chi connectivity index (χ4n) is 1.64. The Bertz CT molecular complexity index is 429. The standard InChI is InChI=1S/C14H14OS/c16-11-15-14-8-4-7-13(9-10-14)12-5-2-1-3-6-12/h1-3,5-10,16H,4,11H2. The Labute approximate surface area is 102 Å². The van der Waals surface area contributed by atoms with Gasteiger partial charge >= 0.3 is 0 Å². The van der Waals surface area contributed by atoms with Gasteiger partial charge in [-0.15, -0.1) is 12.6 Å². The van der Waals surface area contributed by atoms with Crippen LogP contribution in [0.2, 0.25) is 0 Å². The molecule has 1 aromatic carbocycles. The first kappa shape index (κ1) is 11.1. The molecule has 1 nitrogen and oxygen atoms in total. The lowest BCUT2D eigenvalue weighted by molar-refractivity contribution is 0.288. The van der Waals surface area contributed by atoms with Gasteiger partial charge in [-0.25, -0.2) is 0 Å². The Balaban J connectivity index is 2.16. The molecule has 82 valence electrons. The maximum Gasteiger partial charge on any atom is 0.131 e. The molecule has 0 N–H and O–H groups in total. The molecule has 16 heavy (non-hydrogen) atoms. The average molecular weight is 230 g/mol. The first-order valence-corrected chi connectivity index (χ1v) is 5.91. The molecule has 1 aromatic rings. The molecule has 0 saturated carbocycles. The third-order valence-electron chi connectivity index (χ3n) is 2.42. The van der Waals surface area contributed by atoms with Crippen molar-refractivity contribution in [2.45, 2.75) is 6.42 Å². The SMILES string of the molecule is SCOC1=CCC=C(c2ccccc2)C=C1. The van der Waals surface area contributed by atoms with Crippen LogP contribution in [-0.4, -0.2) is 5.94 Å². The third kappa shape index (κ3) is 2.80. The lowest BCUT2D eigenvalue weighted by atomic mass is 10.1. The molecule has 0 amide bonds. The summed E-state index contributed by atoms with van der Waals surface area (Å²) in [5.41, 5.74) is 2.47. The largest absolute Gasteiger partial charge is 0.484 e. The van der Waals surface area contributed by atoms with E-state index in [1.165, 1.54) is 11.1 Å². The van der Waals surface area contributed by atoms with Crippen LogP contribution in [0.5, 0.6) is 0 Å². The van der Waals surface area contributed by atoms with E-state index in [1.807, 2.05) is 24.3 Å². The van der Waals surface area contributed by atoms with Crippen LogP contribution in [0.3, 0.4) is 0 Å². The van der Waals surface area contributed by atoms with Gasteiger partial charge in [0, 0.05) is 0 Å². The molecule has 0 aromatic heterocycles. The van der Waals surface area contributed by atoms with E-state index in [-0.39, 0.29) is 0 Å². The molecule has 1 aliphatic carbocycles. The summed E-state index contributed by atoms with van der Waals surface area (Å²) in [5, 5.41) is 0. The number of allylic oxidation sites excluding steroid dienone is 5. The zero-order valence-corrected chi connectivity index (χ0v) is 9.86. The molecule has 0 saturated heterocycles. The minimum Gasteiger partial charge on any atom is -0.484 e. The second kappa shape index (κ2) is 5.61. The number of benzene rings is 1. The quantitative estimate of drug-likeness (QED) is 0.613. The molecular weight excluding hydrogens is 216 g/mol. The van der Waals surface area contributed by atoms with E-state index in [4.69, 9.17) is 4.74 Å². The molecular formula is C14H14OS. The lowest BCUT2D eigenvalue weighted by Gasteiger charge is -2.01. The van der Waals surface area contributed by atoms with Crippen molar-refractivity contribution in [3.05, 3.63) is 66.0 Å². The maximum atomic E-state index is 5.35. The monoisotopic (exact) mass is 230 g/mol. The molecule has 2 heteroatoms. The van der Waals surface area contributed by atoms with Crippen LogP contribution >= 0.6 is 12.6 Å². The molecule has 0 bridgehead atoms. The third-order valence-corrected chi connectivity index (χ3v) is 2.55. The van der Waals surface area contributed by atoms with Gasteiger partial charge in [0.2, 0.25) is 0 Å². The van der Waals surface area contributed by atoms with Crippen molar-refractivity contribution in [2.24, 2.45) is 0 Å². The lowest BCUT2D eigenvalue weighted by Crippen LogP contribution is -1.84. The summed E-state index contributed by atoms with van der Waals surface area (Å²) >= 11 is 4.04. The fraction of sp³-hybridized carbons (Fsp3) is 0.143. The van der Waals surface area contributed by atoms with Gasteiger partial charge in [-0.3, -0.25) is 0 Å². The van der Waals surface area contributed by atoms with E-state index in [1.54, 1.807) is 0 Å². The van der Waals surface area contributed by atoms with Crippen LogP contribution in [0.4, 0.5) is 0 Å². The molecule has 0 heterocycles. The smallest absolute Gasteiger partial charge is 0.131 e. The zero-order chi connectivity index (χ0) is 11.2. The Kier molecular flexibility index (Phi) is 3.89. The molecule has 1 aliphatic rings. The second-order valence-electron chi connectivity index (χ2n) is 3.47. The fourth-order valence-corrected chi connectivity index (χ4v) is 1.79. The molecule has 2 rings (SSSR count). The zero-order valence-electron chi connectivity index (χ0n) is 8.97. The Morgan fingerprint density at radius 1 is 1.06 bits per heavy atom. The molecule has 0 atom stereocenters. The minimum atomic E-state index is 0.414. The first-order chi connectivity index (χ1) is 7.90. The Morgan fingerprint density at radius 3 is 2.62 bits per heavy atom. The number of ether oxygens (including phenoxy) is 1. The van der Waals surface area contributed by atoms with Gasteiger partial charge in [-0.2, -0.15) is 0 Å². The van der Waals surface area contributed by atoms with E-state index in [0.29, 0.717) is 5.94 Å². The van der Waals surface area contributed by atoms with Gasteiger partial charge in [0.15, 0.2) is 0 Å². The van der Waals surface area contributed by atoms with Crippen molar-refractivity contribution in [3.8, 4) is 0 Å². The highest BCUT2D eigenvalue weighted by molar-refractivity contribution is 7.80. The predicted molar refractivity (Wildman–Crippen MR) is 71.2 cm³/mol. The Morgan fingerprint density at radius 2 is 1.88 bits per heavy atom. The van der Waals surface area contributed by atoms with Gasteiger partial charge in [-0.1, -0.05) is 42.5 Å². The van der Waals surface area contributed by atoms with Crippen LogP contribution in [0.15, 0.2) is 60.4 Å². The summed E-state index contributed by atoms with van der Waals surface area (Å²) in [7, 11) is 0. The Hall–Kier alpha value is -1.41. The molecule has 0 aliphatic heterocycles. The highest BCUT2D eigenvalue weighted by atomic mass is 32.1. The molecule has 0 fully saturated rings. The van der Waals surface area contributed by atoms with Gasteiger partial charge < -0.3 is 4.74 Å². The van der Waals surface area contributed by atoms with E-state index >= 15 is 0 Å². The van der Waals surface area contributed by atoms with E-state index in [0.717, 1.165) is 12.2 Å². The van der Waals surface area contributed by atoms with Crippen LogP contribution in [0, 0.1) is 0 Å². The number of hydrogen-bond acceptors (Lipinski definition) is 2. The maximum absolute atomic E-state index is 5.35. The topological polar surface area (TPSA) is 9.23 Å². The number of thiol groups is 1. The van der Waals surface area contributed by atoms with Gasteiger partial charge in [0.1, 0.15) is 11.7 Å². The summed E-state index contributed by atoms with van der Waals surface area (Å²) < 4.78 is 5.35. The number of rotatable bonds is 3. The summed E-state index contributed by atoms with van der Waals surface area (Å²) in [6, 6.07) is 10.3. The molecule has 0 radical (unpaired) electrons. The predicted octanol–water partition coefficient (Wildman–Crippen LogP) is 3.82. The van der Waals surface area contributed by atoms with Crippen molar-refractivity contribution in [1.82, 2.24) is 0 Å². The summed E-state index contributed by atoms with van der Waals surface area (Å²) in [6.07, 6.45) is 9.21. The highest BCUT2D eigenvalue weighted by Crippen LogP contribution is 2.20. The van der Waals surface area contributed by atoms with Crippen LogP contribution < -0.4 is 0 Å². The average Bonchev–Trinajstić information content (AvgIpc) is 2.57. The molecule has 0 unspecified atom stereocenters. The number of hydrogen-bond donors (Lipinski definition) is 1. The van der Waals surface area contributed by atoms with Crippen LogP contribution in [0.1, 0.15) is 12.0 Å². The van der Waals surface area contributed by atoms with Crippen molar-refractivity contribution in [3.63, 3.8) is 0 Å². The summed E-state index contributed by atoms with van der Waals surface area (Å²) in [4.78, 5) is 0. The summed E-state index contributed by atoms with van der Waals surface area (Å²) in [6.45, 7) is 0. The minimum absolute atomic E-state index is 0.414. The summed E-state index contributed by atoms with van der Waals surface area (Å²) in [5.74, 6) is 1.30. The van der Waals surface area contributed by atoms with Crippen LogP contribution in [-0.2, 0) is 4.74 Å². The van der Waals surface area contributed by atoms with Crippen molar-refractivity contribution >= 4 is 18.2 Å². The normalized spacial score (nSPS) is 15.1. The van der Waals surface area contributed by atoms with Crippen molar-refractivity contribution in [2.75, 3.05) is 5.94 Å². The van der Waals surface area contributed by atoms with Gasteiger partial charge in [0.05, 0.1) is 0 Å². The first-order valence-electron chi connectivity index (χ1n) is 5.27. The van der Waals surface area contributed by atoms with E-state index in [9.17, 15) is 0 Å². The van der Waals surface area contributed by atoms with E-state index < -0.39 is 0 Å².